The van der Waals surface area contributed by atoms with Crippen molar-refractivity contribution in [3.8, 4) is 0 Å². The van der Waals surface area contributed by atoms with Crippen molar-refractivity contribution in [1.82, 2.24) is 15.4 Å². The quantitative estimate of drug-likeness (QED) is 0.122. The number of amides is 2. The van der Waals surface area contributed by atoms with Crippen molar-refractivity contribution in [3.05, 3.63) is 39.9 Å². The van der Waals surface area contributed by atoms with Crippen molar-refractivity contribution >= 4 is 36.0 Å². The third-order valence-corrected chi connectivity index (χ3v) is 3.78. The number of hydrogen-bond acceptors (Lipinski definition) is 8. The molecular formula is C15H21N5O5S. The topological polar surface area (TPSA) is 137 Å². The molecule has 0 spiro atoms. The second kappa shape index (κ2) is 11.1. The van der Waals surface area contributed by atoms with E-state index in [1.54, 1.807) is 24.5 Å². The number of unbranched alkanes of at least 4 members (excludes halogenated alkanes) is 2. The molecule has 11 heteroatoms. The van der Waals surface area contributed by atoms with Gasteiger partial charge in [0.05, 0.1) is 10.6 Å². The molecule has 0 bridgehead atoms. The monoisotopic (exact) mass is 383 g/mol. The predicted molar refractivity (Wildman–Crippen MR) is 97.3 cm³/mol. The summed E-state index contributed by atoms with van der Waals surface area (Å²) in [4.78, 5) is 32.9. The summed E-state index contributed by atoms with van der Waals surface area (Å²) >= 11 is 4.01. The Hall–Kier alpha value is -2.66. The number of carbonyl (C=O) groups is 2. The van der Waals surface area contributed by atoms with Crippen LogP contribution in [0.4, 0.5) is 5.69 Å². The third kappa shape index (κ3) is 7.49. The lowest BCUT2D eigenvalue weighted by Gasteiger charge is -2.14. The normalized spacial score (nSPS) is 11.0. The third-order valence-electron chi connectivity index (χ3n) is 3.46. The first-order valence-corrected chi connectivity index (χ1v) is 8.24. The van der Waals surface area contributed by atoms with Crippen molar-refractivity contribution in [1.29, 1.82) is 0 Å². The van der Waals surface area contributed by atoms with Crippen LogP contribution in [0.2, 0.25) is 0 Å². The van der Waals surface area contributed by atoms with Crippen LogP contribution in [0, 0.1) is 10.1 Å². The SMILES string of the molecule is C/C(=N\NN(S)C(=O)CCCCCC(=O)NO)c1ccc([N+](=O)[O-])cc1. The van der Waals surface area contributed by atoms with Crippen molar-refractivity contribution in [2.75, 3.05) is 0 Å². The lowest BCUT2D eigenvalue weighted by molar-refractivity contribution is -0.384. The van der Waals surface area contributed by atoms with Crippen molar-refractivity contribution in [2.45, 2.75) is 39.0 Å². The maximum atomic E-state index is 11.9. The summed E-state index contributed by atoms with van der Waals surface area (Å²) in [6, 6.07) is 5.86. The molecule has 0 aliphatic rings. The number of rotatable bonds is 10. The predicted octanol–water partition coefficient (Wildman–Crippen LogP) is 1.95. The van der Waals surface area contributed by atoms with E-state index >= 15 is 0 Å². The van der Waals surface area contributed by atoms with Gasteiger partial charge in [0, 0.05) is 25.0 Å². The average Bonchev–Trinajstić information content (AvgIpc) is 2.64. The zero-order valence-corrected chi connectivity index (χ0v) is 15.1. The molecule has 0 radical (unpaired) electrons. The van der Waals surface area contributed by atoms with Gasteiger partial charge in [0.25, 0.3) is 11.6 Å². The number of non-ortho nitro benzene ring substituents is 1. The Morgan fingerprint density at radius 2 is 1.85 bits per heavy atom. The average molecular weight is 383 g/mol. The Labute approximate surface area is 155 Å². The molecule has 0 aromatic heterocycles. The highest BCUT2D eigenvalue weighted by atomic mass is 32.1. The van der Waals surface area contributed by atoms with E-state index in [9.17, 15) is 19.7 Å². The minimum absolute atomic E-state index is 0.0167. The fraction of sp³-hybridized carbons (Fsp3) is 0.400. The fourth-order valence-corrected chi connectivity index (χ4v) is 2.11. The number of thiol groups is 1. The smallest absolute Gasteiger partial charge is 0.269 e. The van der Waals surface area contributed by atoms with E-state index in [0.717, 1.165) is 4.41 Å². The number of nitro benzene ring substituents is 1. The molecule has 1 aromatic rings. The molecule has 0 unspecified atom stereocenters. The first kappa shape index (κ1) is 21.4. The van der Waals surface area contributed by atoms with Gasteiger partial charge in [-0.1, -0.05) is 6.42 Å². The molecule has 0 heterocycles. The Bertz CT molecular complexity index is 665. The summed E-state index contributed by atoms with van der Waals surface area (Å²) in [6.45, 7) is 1.69. The van der Waals surface area contributed by atoms with Gasteiger partial charge in [-0.2, -0.15) is 9.52 Å². The van der Waals surface area contributed by atoms with Gasteiger partial charge in [-0.15, -0.1) is 0 Å². The van der Waals surface area contributed by atoms with E-state index in [1.165, 1.54) is 12.1 Å². The molecule has 3 N–H and O–H groups in total. The molecule has 0 aliphatic carbocycles. The summed E-state index contributed by atoms with van der Waals surface area (Å²) in [7, 11) is 0. The van der Waals surface area contributed by atoms with E-state index in [0.29, 0.717) is 30.5 Å². The number of carbonyl (C=O) groups excluding carboxylic acids is 2. The van der Waals surface area contributed by atoms with Crippen LogP contribution in [-0.2, 0) is 9.59 Å². The highest BCUT2D eigenvalue weighted by molar-refractivity contribution is 7.78. The van der Waals surface area contributed by atoms with E-state index in [2.05, 4.69) is 23.5 Å². The van der Waals surface area contributed by atoms with Gasteiger partial charge in [-0.25, -0.2) is 11.0 Å². The summed E-state index contributed by atoms with van der Waals surface area (Å²) < 4.78 is 0.954. The second-order valence-corrected chi connectivity index (χ2v) is 5.80. The maximum absolute atomic E-state index is 11.9. The van der Waals surface area contributed by atoms with E-state index in [4.69, 9.17) is 5.21 Å². The Kier molecular flexibility index (Phi) is 9.09. The minimum atomic E-state index is -0.487. The number of hydrazine groups is 1. The van der Waals surface area contributed by atoms with Crippen LogP contribution in [0.25, 0.3) is 0 Å². The van der Waals surface area contributed by atoms with Crippen molar-refractivity contribution < 1.29 is 19.7 Å². The van der Waals surface area contributed by atoms with Crippen LogP contribution in [0.3, 0.4) is 0 Å². The van der Waals surface area contributed by atoms with Crippen LogP contribution < -0.4 is 11.0 Å². The zero-order chi connectivity index (χ0) is 19.5. The molecule has 1 rings (SSSR count). The molecule has 0 saturated carbocycles. The summed E-state index contributed by atoms with van der Waals surface area (Å²) in [5.74, 6) is -0.745. The van der Waals surface area contributed by atoms with E-state index < -0.39 is 10.8 Å². The Balaban J connectivity index is 2.39. The fourth-order valence-electron chi connectivity index (χ4n) is 1.97. The number of nitrogens with one attached hydrogen (secondary N) is 2. The van der Waals surface area contributed by atoms with Crippen LogP contribution in [0.1, 0.15) is 44.6 Å². The summed E-state index contributed by atoms with van der Waals surface area (Å²) in [6.07, 6.45) is 2.22. The Morgan fingerprint density at radius 1 is 1.23 bits per heavy atom. The number of hydroxylamine groups is 1. The number of hydrazone groups is 1. The number of nitro groups is 1. The van der Waals surface area contributed by atoms with Crippen molar-refractivity contribution in [2.24, 2.45) is 5.10 Å². The number of nitrogens with zero attached hydrogens (tertiary/aromatic N) is 3. The molecule has 0 aliphatic heterocycles. The lowest BCUT2D eigenvalue weighted by atomic mass is 10.1. The van der Waals surface area contributed by atoms with Gasteiger partial charge in [-0.3, -0.25) is 24.9 Å². The van der Waals surface area contributed by atoms with Gasteiger partial charge >= 0.3 is 0 Å². The first-order chi connectivity index (χ1) is 12.3. The van der Waals surface area contributed by atoms with Crippen molar-refractivity contribution in [3.63, 3.8) is 0 Å². The number of hydrogen-bond donors (Lipinski definition) is 4. The maximum Gasteiger partial charge on any atom is 0.269 e. The molecule has 142 valence electrons. The van der Waals surface area contributed by atoms with Gasteiger partial charge < -0.3 is 0 Å². The highest BCUT2D eigenvalue weighted by Crippen LogP contribution is 2.12. The summed E-state index contributed by atoms with van der Waals surface area (Å²) in [5, 5.41) is 23.0. The molecule has 10 nitrogen and oxygen atoms in total. The Morgan fingerprint density at radius 3 is 2.42 bits per heavy atom. The number of benzene rings is 1. The molecule has 0 saturated heterocycles. The highest BCUT2D eigenvalue weighted by Gasteiger charge is 2.10. The minimum Gasteiger partial charge on any atom is -0.289 e. The first-order valence-electron chi connectivity index (χ1n) is 7.84. The van der Waals surface area contributed by atoms with Gasteiger partial charge in [-0.05, 0) is 50.3 Å². The standard InChI is InChI=1S/C15H21N5O5S/c1-11(12-7-9-13(10-8-12)20(24)25)16-18-19(26)15(22)6-4-2-3-5-14(21)17-23/h7-10,18,23,26H,2-6H2,1H3,(H,17,21)/b16-11+. The van der Waals surface area contributed by atoms with Crippen LogP contribution in [0.15, 0.2) is 29.4 Å². The molecular weight excluding hydrogens is 362 g/mol. The molecule has 26 heavy (non-hydrogen) atoms. The van der Waals surface area contributed by atoms with E-state index in [1.807, 2.05) is 0 Å². The second-order valence-electron chi connectivity index (χ2n) is 5.40. The van der Waals surface area contributed by atoms with E-state index in [-0.39, 0.29) is 24.4 Å². The largest absolute Gasteiger partial charge is 0.289 e. The molecule has 1 aromatic carbocycles. The van der Waals surface area contributed by atoms with Crippen LogP contribution in [0.5, 0.6) is 0 Å². The molecule has 2 amide bonds. The van der Waals surface area contributed by atoms with Crippen LogP contribution in [-0.4, -0.2) is 32.1 Å². The molecule has 0 atom stereocenters. The van der Waals surface area contributed by atoms with Crippen LogP contribution >= 0.6 is 12.8 Å². The van der Waals surface area contributed by atoms with Gasteiger partial charge in [0.1, 0.15) is 0 Å². The van der Waals surface area contributed by atoms with Gasteiger partial charge in [0.15, 0.2) is 0 Å². The molecule has 0 fully saturated rings. The van der Waals surface area contributed by atoms with Gasteiger partial charge in [0.2, 0.25) is 5.91 Å². The summed E-state index contributed by atoms with van der Waals surface area (Å²) in [5.41, 5.74) is 5.22. The zero-order valence-electron chi connectivity index (χ0n) is 14.2. The lowest BCUT2D eigenvalue weighted by Crippen LogP contribution is -2.32.